The van der Waals surface area contributed by atoms with Gasteiger partial charge in [0.15, 0.2) is 11.6 Å². The van der Waals surface area contributed by atoms with E-state index in [4.69, 9.17) is 4.74 Å². The summed E-state index contributed by atoms with van der Waals surface area (Å²) in [6, 6.07) is 5.32. The molecule has 3 aliphatic rings. The Hall–Kier alpha value is -3.58. The number of nitrogens with one attached hydrogen (secondary N) is 1. The van der Waals surface area contributed by atoms with Crippen LogP contribution in [0.15, 0.2) is 35.2 Å². The highest BCUT2D eigenvalue weighted by atomic mass is 32.2. The second-order valence-corrected chi connectivity index (χ2v) is 11.0. The van der Waals surface area contributed by atoms with Gasteiger partial charge in [-0.05, 0) is 42.3 Å². The van der Waals surface area contributed by atoms with Crippen molar-refractivity contribution < 1.29 is 36.3 Å². The number of anilines is 1. The van der Waals surface area contributed by atoms with Gasteiger partial charge in [0.25, 0.3) is 5.91 Å². The first-order chi connectivity index (χ1) is 17.6. The van der Waals surface area contributed by atoms with Crippen molar-refractivity contribution in [3.63, 3.8) is 0 Å². The number of carbonyl (C=O) groups excluding carboxylic acids is 3. The SMILES string of the molecule is COc1ccc(S(=O)(=O)N2CCN(c3cc4c(cc3F)C(=O)N(C3CCC(=O)NC3=O)C4)CC2)cc1F. The standard InChI is InChI=1S/C24H24F2N4O6S/c1-36-21-4-2-15(11-18(21)26)37(34,35)29-8-6-28(7-9-29)20-10-14-13-30(24(33)16(14)12-17(20)25)19-3-5-22(31)27-23(19)32/h2,4,10-12,19H,3,5-9,13H2,1H3,(H,27,31,32). The summed E-state index contributed by atoms with van der Waals surface area (Å²) >= 11 is 0. The van der Waals surface area contributed by atoms with Gasteiger partial charge in [-0.2, -0.15) is 4.31 Å². The molecular weight excluding hydrogens is 510 g/mol. The number of fused-ring (bicyclic) bond motifs is 1. The minimum atomic E-state index is -3.97. The fourth-order valence-corrected chi connectivity index (χ4v) is 6.38. The minimum Gasteiger partial charge on any atom is -0.494 e. The van der Waals surface area contributed by atoms with Gasteiger partial charge >= 0.3 is 0 Å². The van der Waals surface area contributed by atoms with E-state index in [0.29, 0.717) is 5.56 Å². The number of methoxy groups -OCH3 is 1. The second kappa shape index (κ2) is 9.38. The predicted octanol–water partition coefficient (Wildman–Crippen LogP) is 1.25. The third-order valence-corrected chi connectivity index (χ3v) is 8.83. The number of hydrogen-bond donors (Lipinski definition) is 1. The molecule has 196 valence electrons. The lowest BCUT2D eigenvalue weighted by Crippen LogP contribution is -2.52. The molecule has 0 radical (unpaired) electrons. The molecule has 3 amide bonds. The van der Waals surface area contributed by atoms with Crippen molar-refractivity contribution in [2.24, 2.45) is 0 Å². The van der Waals surface area contributed by atoms with Gasteiger partial charge in [-0.3, -0.25) is 19.7 Å². The molecule has 0 aromatic heterocycles. The molecule has 2 aromatic carbocycles. The Morgan fingerprint density at radius 1 is 1.00 bits per heavy atom. The van der Waals surface area contributed by atoms with Crippen molar-refractivity contribution in [3.05, 3.63) is 53.1 Å². The minimum absolute atomic E-state index is 0.0494. The van der Waals surface area contributed by atoms with Gasteiger partial charge < -0.3 is 14.5 Å². The van der Waals surface area contributed by atoms with Crippen LogP contribution in [0.2, 0.25) is 0 Å². The van der Waals surface area contributed by atoms with E-state index in [1.807, 2.05) is 0 Å². The van der Waals surface area contributed by atoms with Crippen molar-refractivity contribution in [2.75, 3.05) is 38.2 Å². The Labute approximate surface area is 211 Å². The summed E-state index contributed by atoms with van der Waals surface area (Å²) in [4.78, 5) is 39.4. The van der Waals surface area contributed by atoms with Crippen LogP contribution in [0.1, 0.15) is 28.8 Å². The molecule has 10 nitrogen and oxygen atoms in total. The van der Waals surface area contributed by atoms with E-state index in [2.05, 4.69) is 5.32 Å². The van der Waals surface area contributed by atoms with E-state index in [-0.39, 0.29) is 67.5 Å². The summed E-state index contributed by atoms with van der Waals surface area (Å²) in [7, 11) is -2.68. The lowest BCUT2D eigenvalue weighted by atomic mass is 10.0. The van der Waals surface area contributed by atoms with Crippen LogP contribution in [0.3, 0.4) is 0 Å². The molecule has 0 aliphatic carbocycles. The van der Waals surface area contributed by atoms with Crippen molar-refractivity contribution in [1.29, 1.82) is 0 Å². The zero-order valence-corrected chi connectivity index (χ0v) is 20.7. The number of hydrogen-bond acceptors (Lipinski definition) is 7. The van der Waals surface area contributed by atoms with E-state index in [1.54, 1.807) is 11.0 Å². The van der Waals surface area contributed by atoms with Crippen LogP contribution in [0, 0.1) is 11.6 Å². The molecule has 1 N–H and O–H groups in total. The summed E-state index contributed by atoms with van der Waals surface area (Å²) in [6.45, 7) is 0.559. The first-order valence-electron chi connectivity index (χ1n) is 11.7. The number of piperazine rings is 1. The van der Waals surface area contributed by atoms with Gasteiger partial charge in [0.05, 0.1) is 17.7 Å². The van der Waals surface area contributed by atoms with Crippen molar-refractivity contribution in [3.8, 4) is 5.75 Å². The number of carbonyl (C=O) groups is 3. The van der Waals surface area contributed by atoms with Gasteiger partial charge in [-0.1, -0.05) is 0 Å². The predicted molar refractivity (Wildman–Crippen MR) is 126 cm³/mol. The lowest BCUT2D eigenvalue weighted by Gasteiger charge is -2.35. The quantitative estimate of drug-likeness (QED) is 0.574. The molecule has 3 heterocycles. The zero-order valence-electron chi connectivity index (χ0n) is 19.9. The Morgan fingerprint density at radius 2 is 1.73 bits per heavy atom. The van der Waals surface area contributed by atoms with E-state index in [1.165, 1.54) is 28.4 Å². The van der Waals surface area contributed by atoms with Crippen molar-refractivity contribution >= 4 is 33.4 Å². The highest BCUT2D eigenvalue weighted by molar-refractivity contribution is 7.89. The summed E-state index contributed by atoms with van der Waals surface area (Å²) < 4.78 is 61.2. The number of rotatable bonds is 5. The number of amides is 3. The van der Waals surface area contributed by atoms with Crippen LogP contribution in [-0.2, 0) is 26.2 Å². The van der Waals surface area contributed by atoms with E-state index in [0.717, 1.165) is 12.1 Å². The molecule has 2 aromatic rings. The molecule has 5 rings (SSSR count). The lowest BCUT2D eigenvalue weighted by molar-refractivity contribution is -0.136. The number of halogens is 2. The molecule has 2 fully saturated rings. The number of sulfonamides is 1. The summed E-state index contributed by atoms with van der Waals surface area (Å²) in [6.07, 6.45) is 0.320. The average Bonchev–Trinajstić information content (AvgIpc) is 3.18. The first-order valence-corrected chi connectivity index (χ1v) is 13.1. The highest BCUT2D eigenvalue weighted by Gasteiger charge is 2.40. The van der Waals surface area contributed by atoms with Crippen LogP contribution in [0.25, 0.3) is 0 Å². The maximum atomic E-state index is 15.1. The monoisotopic (exact) mass is 534 g/mol. The third kappa shape index (κ3) is 4.42. The zero-order chi connectivity index (χ0) is 26.5. The van der Waals surface area contributed by atoms with E-state index in [9.17, 15) is 27.2 Å². The van der Waals surface area contributed by atoms with Crippen molar-refractivity contribution in [1.82, 2.24) is 14.5 Å². The fraction of sp³-hybridized carbons (Fsp3) is 0.375. The molecule has 1 unspecified atom stereocenters. The van der Waals surface area contributed by atoms with Gasteiger partial charge in [-0.25, -0.2) is 17.2 Å². The molecule has 3 aliphatic heterocycles. The number of nitrogens with zero attached hydrogens (tertiary/aromatic N) is 3. The van der Waals surface area contributed by atoms with Crippen molar-refractivity contribution in [2.45, 2.75) is 30.3 Å². The Kier molecular flexibility index (Phi) is 6.36. The fourth-order valence-electron chi connectivity index (χ4n) is 4.94. The van der Waals surface area contributed by atoms with E-state index < -0.39 is 45.4 Å². The maximum Gasteiger partial charge on any atom is 0.255 e. The van der Waals surface area contributed by atoms with Gasteiger partial charge in [0.2, 0.25) is 21.8 Å². The van der Waals surface area contributed by atoms with Crippen LogP contribution in [-0.4, -0.2) is 74.7 Å². The number of ether oxygens (including phenoxy) is 1. The summed E-state index contributed by atoms with van der Waals surface area (Å²) in [5, 5.41) is 2.23. The molecular formula is C24H24F2N4O6S. The molecule has 37 heavy (non-hydrogen) atoms. The summed E-state index contributed by atoms with van der Waals surface area (Å²) in [5.74, 6) is -2.90. The van der Waals surface area contributed by atoms with Crippen LogP contribution < -0.4 is 15.0 Å². The van der Waals surface area contributed by atoms with Crippen LogP contribution >= 0.6 is 0 Å². The largest absolute Gasteiger partial charge is 0.494 e. The molecule has 0 spiro atoms. The maximum absolute atomic E-state index is 15.1. The molecule has 1 atom stereocenters. The number of imide groups is 1. The highest BCUT2D eigenvalue weighted by Crippen LogP contribution is 2.33. The van der Waals surface area contributed by atoms with Crippen LogP contribution in [0.5, 0.6) is 5.75 Å². The van der Waals surface area contributed by atoms with Gasteiger partial charge in [0, 0.05) is 44.7 Å². The molecule has 0 saturated carbocycles. The van der Waals surface area contributed by atoms with Gasteiger partial charge in [0.1, 0.15) is 11.9 Å². The second-order valence-electron chi connectivity index (χ2n) is 9.05. The Balaban J connectivity index is 1.30. The topological polar surface area (TPSA) is 116 Å². The Morgan fingerprint density at radius 3 is 2.38 bits per heavy atom. The number of piperidine rings is 1. The normalized spacial score (nSPS) is 20.7. The van der Waals surface area contributed by atoms with E-state index >= 15 is 4.39 Å². The third-order valence-electron chi connectivity index (χ3n) is 6.93. The molecule has 13 heteroatoms. The molecule has 2 saturated heterocycles. The summed E-state index contributed by atoms with van der Waals surface area (Å²) in [5.41, 5.74) is 0.938. The average molecular weight is 535 g/mol. The van der Waals surface area contributed by atoms with Crippen LogP contribution in [0.4, 0.5) is 14.5 Å². The van der Waals surface area contributed by atoms with Gasteiger partial charge in [-0.15, -0.1) is 0 Å². The Bertz CT molecular complexity index is 1410. The number of benzene rings is 2. The first kappa shape index (κ1) is 25.1. The molecule has 0 bridgehead atoms. The smallest absolute Gasteiger partial charge is 0.255 e.